The van der Waals surface area contributed by atoms with E-state index in [9.17, 15) is 18.0 Å². The van der Waals surface area contributed by atoms with Crippen molar-refractivity contribution in [1.82, 2.24) is 15.4 Å². The largest absolute Gasteiger partial charge is 0.341 e. The highest BCUT2D eigenvalue weighted by Gasteiger charge is 2.40. The molecule has 0 saturated heterocycles. The predicted octanol–water partition coefficient (Wildman–Crippen LogP) is 1.14. The number of aryl methyl sites for hydroxylation is 1. The third-order valence-electron chi connectivity index (χ3n) is 3.78. The van der Waals surface area contributed by atoms with Crippen LogP contribution in [0.3, 0.4) is 0 Å². The van der Waals surface area contributed by atoms with E-state index in [4.69, 9.17) is 0 Å². The number of rotatable bonds is 5. The molecule has 1 atom stereocenters. The third-order valence-corrected chi connectivity index (χ3v) is 5.13. The van der Waals surface area contributed by atoms with Gasteiger partial charge in [-0.2, -0.15) is 0 Å². The highest BCUT2D eigenvalue weighted by atomic mass is 32.2. The Balaban J connectivity index is 3.06. The number of nitrogens with one attached hydrogen (secondary N) is 3. The van der Waals surface area contributed by atoms with Crippen LogP contribution in [0.4, 0.5) is 4.79 Å². The van der Waals surface area contributed by atoms with Crippen LogP contribution in [0, 0.1) is 12.8 Å². The highest BCUT2D eigenvalue weighted by Crippen LogP contribution is 2.18. The van der Waals surface area contributed by atoms with E-state index in [1.54, 1.807) is 26.0 Å². The van der Waals surface area contributed by atoms with Crippen LogP contribution in [0.15, 0.2) is 29.2 Å². The number of carbonyl (C=O) groups excluding carboxylic acids is 2. The Morgan fingerprint density at radius 2 is 1.65 bits per heavy atom. The molecule has 0 aliphatic heterocycles. The summed E-state index contributed by atoms with van der Waals surface area (Å²) in [5.41, 5.74) is -0.471. The van der Waals surface area contributed by atoms with Gasteiger partial charge in [0.25, 0.3) is 15.9 Å². The van der Waals surface area contributed by atoms with Crippen LogP contribution in [0.5, 0.6) is 0 Å². The molecule has 0 saturated carbocycles. The van der Waals surface area contributed by atoms with Gasteiger partial charge in [-0.15, -0.1) is 0 Å². The minimum atomic E-state index is -4.01. The van der Waals surface area contributed by atoms with Crippen LogP contribution in [-0.2, 0) is 14.8 Å². The van der Waals surface area contributed by atoms with E-state index in [1.165, 1.54) is 26.1 Å². The molecule has 7 nitrogen and oxygen atoms in total. The second-order valence-corrected chi connectivity index (χ2v) is 7.49. The Hall–Kier alpha value is -2.09. The Labute approximate surface area is 136 Å². The molecule has 23 heavy (non-hydrogen) atoms. The van der Waals surface area contributed by atoms with Gasteiger partial charge in [0.15, 0.2) is 0 Å². The molecule has 1 aromatic rings. The minimum Gasteiger partial charge on any atom is -0.341 e. The normalized spacial score (nSPS) is 14.0. The number of carbonyl (C=O) groups is 2. The summed E-state index contributed by atoms with van der Waals surface area (Å²) in [6.07, 6.45) is 0. The summed E-state index contributed by atoms with van der Waals surface area (Å²) < 4.78 is 26.7. The van der Waals surface area contributed by atoms with E-state index >= 15 is 0 Å². The van der Waals surface area contributed by atoms with Crippen molar-refractivity contribution in [2.24, 2.45) is 5.92 Å². The van der Waals surface area contributed by atoms with Crippen molar-refractivity contribution < 1.29 is 18.0 Å². The summed E-state index contributed by atoms with van der Waals surface area (Å²) in [6, 6.07) is 5.56. The summed E-state index contributed by atoms with van der Waals surface area (Å²) in [6.45, 7) is 6.74. The summed E-state index contributed by atoms with van der Waals surface area (Å²) in [7, 11) is -2.59. The van der Waals surface area contributed by atoms with Gasteiger partial charge in [-0.25, -0.2) is 17.9 Å². The molecule has 0 bridgehead atoms. The molecule has 3 amide bonds. The predicted molar refractivity (Wildman–Crippen MR) is 87.3 cm³/mol. The summed E-state index contributed by atoms with van der Waals surface area (Å²) >= 11 is 0. The fourth-order valence-electron chi connectivity index (χ4n) is 1.77. The second kappa shape index (κ2) is 6.99. The zero-order valence-electron chi connectivity index (χ0n) is 13.9. The van der Waals surface area contributed by atoms with Crippen LogP contribution < -0.4 is 15.4 Å². The Morgan fingerprint density at radius 1 is 1.13 bits per heavy atom. The van der Waals surface area contributed by atoms with Crippen LogP contribution in [-0.4, -0.2) is 32.9 Å². The maximum atomic E-state index is 12.5. The van der Waals surface area contributed by atoms with Crippen LogP contribution in [0.2, 0.25) is 0 Å². The van der Waals surface area contributed by atoms with Gasteiger partial charge in [0.1, 0.15) is 5.54 Å². The first-order valence-corrected chi connectivity index (χ1v) is 8.65. The molecule has 8 heteroatoms. The summed E-state index contributed by atoms with van der Waals surface area (Å²) in [4.78, 5) is 24.0. The number of amides is 3. The van der Waals surface area contributed by atoms with E-state index in [2.05, 4.69) is 10.6 Å². The molecule has 0 fully saturated rings. The lowest BCUT2D eigenvalue weighted by Gasteiger charge is -2.32. The molecule has 1 unspecified atom stereocenters. The second-order valence-electron chi connectivity index (χ2n) is 5.81. The number of urea groups is 1. The molecule has 128 valence electrons. The molecule has 0 heterocycles. The van der Waals surface area contributed by atoms with E-state index < -0.39 is 27.5 Å². The van der Waals surface area contributed by atoms with Crippen molar-refractivity contribution in [3.8, 4) is 0 Å². The van der Waals surface area contributed by atoms with E-state index in [-0.39, 0.29) is 10.8 Å². The SMILES string of the molecule is CNC(=O)NC(C)(C(=O)NS(=O)(=O)c1ccc(C)cc1)C(C)C. The molecule has 0 aromatic heterocycles. The number of hydrogen-bond donors (Lipinski definition) is 3. The van der Waals surface area contributed by atoms with Gasteiger partial charge in [0.2, 0.25) is 0 Å². The van der Waals surface area contributed by atoms with Gasteiger partial charge in [0.05, 0.1) is 4.90 Å². The fourth-order valence-corrected chi connectivity index (χ4v) is 2.83. The number of sulfonamides is 1. The average molecular weight is 341 g/mol. The van der Waals surface area contributed by atoms with Crippen molar-refractivity contribution in [3.63, 3.8) is 0 Å². The number of benzene rings is 1. The zero-order chi connectivity index (χ0) is 17.8. The smallest absolute Gasteiger partial charge is 0.315 e. The number of hydrogen-bond acceptors (Lipinski definition) is 4. The topological polar surface area (TPSA) is 104 Å². The van der Waals surface area contributed by atoms with E-state index in [0.29, 0.717) is 0 Å². The Morgan fingerprint density at radius 3 is 2.09 bits per heavy atom. The van der Waals surface area contributed by atoms with Crippen LogP contribution >= 0.6 is 0 Å². The van der Waals surface area contributed by atoms with Gasteiger partial charge in [-0.05, 0) is 31.9 Å². The van der Waals surface area contributed by atoms with Gasteiger partial charge < -0.3 is 10.6 Å². The van der Waals surface area contributed by atoms with Gasteiger partial charge in [-0.1, -0.05) is 31.5 Å². The first kappa shape index (κ1) is 19.0. The molecule has 1 rings (SSSR count). The molecule has 1 aromatic carbocycles. The molecule has 0 radical (unpaired) electrons. The highest BCUT2D eigenvalue weighted by molar-refractivity contribution is 7.90. The van der Waals surface area contributed by atoms with Gasteiger partial charge in [0, 0.05) is 7.05 Å². The Kier molecular flexibility index (Phi) is 5.76. The standard InChI is InChI=1S/C15H23N3O4S/c1-10(2)15(4,17-14(20)16-5)13(19)18-23(21,22)12-8-6-11(3)7-9-12/h6-10H,1-5H3,(H,18,19)(H2,16,17,20). The lowest BCUT2D eigenvalue weighted by Crippen LogP contribution is -2.62. The fraction of sp³-hybridized carbons (Fsp3) is 0.467. The third kappa shape index (κ3) is 4.44. The lowest BCUT2D eigenvalue weighted by molar-refractivity contribution is -0.126. The maximum absolute atomic E-state index is 12.5. The first-order chi connectivity index (χ1) is 10.5. The summed E-state index contributed by atoms with van der Waals surface area (Å²) in [5, 5.41) is 4.85. The first-order valence-electron chi connectivity index (χ1n) is 7.16. The molecule has 0 aliphatic rings. The van der Waals surface area contributed by atoms with E-state index in [1.807, 2.05) is 11.6 Å². The molecular weight excluding hydrogens is 318 g/mol. The minimum absolute atomic E-state index is 0.0116. The van der Waals surface area contributed by atoms with Crippen LogP contribution in [0.25, 0.3) is 0 Å². The molecular formula is C15H23N3O4S. The maximum Gasteiger partial charge on any atom is 0.315 e. The zero-order valence-corrected chi connectivity index (χ0v) is 14.7. The van der Waals surface area contributed by atoms with Gasteiger partial charge >= 0.3 is 6.03 Å². The lowest BCUT2D eigenvalue weighted by atomic mass is 9.88. The molecule has 0 spiro atoms. The van der Waals surface area contributed by atoms with Crippen molar-refractivity contribution >= 4 is 22.0 Å². The Bertz CT molecular complexity index is 683. The summed E-state index contributed by atoms with van der Waals surface area (Å²) in [5.74, 6) is -1.12. The van der Waals surface area contributed by atoms with Crippen LogP contribution in [0.1, 0.15) is 26.3 Å². The van der Waals surface area contributed by atoms with Gasteiger partial charge in [-0.3, -0.25) is 4.79 Å². The van der Waals surface area contributed by atoms with Crippen molar-refractivity contribution in [3.05, 3.63) is 29.8 Å². The quantitative estimate of drug-likeness (QED) is 0.747. The average Bonchev–Trinajstić information content (AvgIpc) is 2.46. The monoisotopic (exact) mass is 341 g/mol. The molecule has 0 aliphatic carbocycles. The van der Waals surface area contributed by atoms with Crippen molar-refractivity contribution in [2.75, 3.05) is 7.05 Å². The molecule has 3 N–H and O–H groups in total. The van der Waals surface area contributed by atoms with E-state index in [0.717, 1.165) is 5.56 Å². The van der Waals surface area contributed by atoms with Crippen molar-refractivity contribution in [2.45, 2.75) is 38.1 Å². The van der Waals surface area contributed by atoms with Crippen molar-refractivity contribution in [1.29, 1.82) is 0 Å².